The molecule has 0 bridgehead atoms. The SMILES string of the molecule is CC(=O)NCC1CCN(C(=O)C2CCC(=O)N(Cc3cccc(F)c3)C2)CC1. The maximum Gasteiger partial charge on any atom is 0.227 e. The summed E-state index contributed by atoms with van der Waals surface area (Å²) in [6, 6.07) is 6.23. The first-order valence-electron chi connectivity index (χ1n) is 9.98. The standard InChI is InChI=1S/C21H28FN3O3/c1-15(26)23-12-16-7-9-24(10-8-16)21(28)18-5-6-20(27)25(14-18)13-17-3-2-4-19(22)11-17/h2-4,11,16,18H,5-10,12-14H2,1H3,(H,23,26). The number of amides is 3. The first-order valence-corrected chi connectivity index (χ1v) is 9.98. The Hall–Kier alpha value is -2.44. The second-order valence-electron chi connectivity index (χ2n) is 7.85. The molecular formula is C21H28FN3O3. The Kier molecular flexibility index (Phi) is 6.65. The van der Waals surface area contributed by atoms with Gasteiger partial charge in [0.25, 0.3) is 0 Å². The highest BCUT2D eigenvalue weighted by molar-refractivity contribution is 5.84. The number of rotatable bonds is 5. The maximum absolute atomic E-state index is 13.4. The topological polar surface area (TPSA) is 69.7 Å². The van der Waals surface area contributed by atoms with E-state index in [1.165, 1.54) is 19.1 Å². The van der Waals surface area contributed by atoms with Crippen molar-refractivity contribution in [1.29, 1.82) is 0 Å². The molecule has 3 amide bonds. The van der Waals surface area contributed by atoms with E-state index in [0.29, 0.717) is 51.5 Å². The van der Waals surface area contributed by atoms with Crippen molar-refractivity contribution in [2.75, 3.05) is 26.2 Å². The number of nitrogens with zero attached hydrogens (tertiary/aromatic N) is 2. The average molecular weight is 389 g/mol. The third-order valence-electron chi connectivity index (χ3n) is 5.68. The summed E-state index contributed by atoms with van der Waals surface area (Å²) in [6.45, 7) is 4.28. The fraction of sp³-hybridized carbons (Fsp3) is 0.571. The van der Waals surface area contributed by atoms with E-state index < -0.39 is 0 Å². The molecule has 2 heterocycles. The van der Waals surface area contributed by atoms with Gasteiger partial charge in [-0.05, 0) is 42.9 Å². The maximum atomic E-state index is 13.4. The van der Waals surface area contributed by atoms with Gasteiger partial charge in [0, 0.05) is 46.1 Å². The third-order valence-corrected chi connectivity index (χ3v) is 5.68. The van der Waals surface area contributed by atoms with Gasteiger partial charge in [0.2, 0.25) is 17.7 Å². The second kappa shape index (κ2) is 9.17. The molecule has 28 heavy (non-hydrogen) atoms. The van der Waals surface area contributed by atoms with Crippen molar-refractivity contribution in [3.05, 3.63) is 35.6 Å². The Balaban J connectivity index is 1.53. The number of hydrogen-bond acceptors (Lipinski definition) is 3. The van der Waals surface area contributed by atoms with Crippen LogP contribution in [0.4, 0.5) is 4.39 Å². The van der Waals surface area contributed by atoms with Crippen molar-refractivity contribution in [3.8, 4) is 0 Å². The van der Waals surface area contributed by atoms with Crippen LogP contribution in [0.5, 0.6) is 0 Å². The number of hydrogen-bond donors (Lipinski definition) is 1. The quantitative estimate of drug-likeness (QED) is 0.837. The molecule has 2 aliphatic rings. The number of likely N-dealkylation sites (tertiary alicyclic amines) is 2. The van der Waals surface area contributed by atoms with Crippen LogP contribution in [0.3, 0.4) is 0 Å². The van der Waals surface area contributed by atoms with Crippen molar-refractivity contribution >= 4 is 17.7 Å². The van der Waals surface area contributed by atoms with E-state index in [4.69, 9.17) is 0 Å². The molecule has 0 radical (unpaired) electrons. The van der Waals surface area contributed by atoms with Gasteiger partial charge >= 0.3 is 0 Å². The van der Waals surface area contributed by atoms with Crippen LogP contribution in [-0.4, -0.2) is 53.7 Å². The second-order valence-corrected chi connectivity index (χ2v) is 7.85. The summed E-state index contributed by atoms with van der Waals surface area (Å²) in [5, 5.41) is 2.85. The number of carbonyl (C=O) groups excluding carboxylic acids is 3. The molecule has 1 N–H and O–H groups in total. The molecule has 2 fully saturated rings. The fourth-order valence-electron chi connectivity index (χ4n) is 4.03. The van der Waals surface area contributed by atoms with E-state index in [9.17, 15) is 18.8 Å². The van der Waals surface area contributed by atoms with Crippen LogP contribution in [0.25, 0.3) is 0 Å². The average Bonchev–Trinajstić information content (AvgIpc) is 2.68. The first-order chi connectivity index (χ1) is 13.4. The largest absolute Gasteiger partial charge is 0.356 e. The summed E-state index contributed by atoms with van der Waals surface area (Å²) < 4.78 is 13.4. The molecular weight excluding hydrogens is 361 g/mol. The minimum atomic E-state index is -0.322. The van der Waals surface area contributed by atoms with Crippen molar-refractivity contribution in [3.63, 3.8) is 0 Å². The van der Waals surface area contributed by atoms with E-state index >= 15 is 0 Å². The Bertz CT molecular complexity index is 731. The van der Waals surface area contributed by atoms with E-state index in [1.54, 1.807) is 17.0 Å². The normalized spacial score (nSPS) is 20.9. The molecule has 1 aromatic carbocycles. The Labute approximate surface area is 165 Å². The number of halogens is 1. The molecule has 1 aromatic rings. The lowest BCUT2D eigenvalue weighted by Crippen LogP contribution is -2.49. The van der Waals surface area contributed by atoms with Crippen LogP contribution < -0.4 is 5.32 Å². The lowest BCUT2D eigenvalue weighted by atomic mass is 9.92. The highest BCUT2D eigenvalue weighted by Gasteiger charge is 2.34. The summed E-state index contributed by atoms with van der Waals surface area (Å²) in [4.78, 5) is 39.8. The van der Waals surface area contributed by atoms with Crippen LogP contribution in [0, 0.1) is 17.7 Å². The predicted octanol–water partition coefficient (Wildman–Crippen LogP) is 1.94. The Morgan fingerprint density at radius 2 is 1.96 bits per heavy atom. The first kappa shape index (κ1) is 20.3. The van der Waals surface area contributed by atoms with Crippen LogP contribution in [-0.2, 0) is 20.9 Å². The number of carbonyl (C=O) groups is 3. The zero-order chi connectivity index (χ0) is 20.1. The lowest BCUT2D eigenvalue weighted by molar-refractivity contribution is -0.144. The smallest absolute Gasteiger partial charge is 0.227 e. The molecule has 1 atom stereocenters. The van der Waals surface area contributed by atoms with Crippen LogP contribution >= 0.6 is 0 Å². The zero-order valence-corrected chi connectivity index (χ0v) is 16.3. The summed E-state index contributed by atoms with van der Waals surface area (Å²) >= 11 is 0. The van der Waals surface area contributed by atoms with E-state index in [0.717, 1.165) is 18.4 Å². The summed E-state index contributed by atoms with van der Waals surface area (Å²) in [7, 11) is 0. The zero-order valence-electron chi connectivity index (χ0n) is 16.3. The van der Waals surface area contributed by atoms with E-state index in [1.807, 2.05) is 4.90 Å². The van der Waals surface area contributed by atoms with Crippen LogP contribution in [0.1, 0.15) is 38.2 Å². The molecule has 2 aliphatic heterocycles. The monoisotopic (exact) mass is 389 g/mol. The minimum absolute atomic E-state index is 0.0160. The van der Waals surface area contributed by atoms with Crippen molar-refractivity contribution < 1.29 is 18.8 Å². The summed E-state index contributed by atoms with van der Waals surface area (Å²) in [5.74, 6) is -0.0129. The summed E-state index contributed by atoms with van der Waals surface area (Å²) in [5.41, 5.74) is 0.736. The molecule has 2 saturated heterocycles. The number of piperidine rings is 2. The van der Waals surface area contributed by atoms with Crippen molar-refractivity contribution in [2.45, 2.75) is 39.2 Å². The van der Waals surface area contributed by atoms with Gasteiger partial charge in [0.05, 0.1) is 5.92 Å². The molecule has 1 unspecified atom stereocenters. The molecule has 6 nitrogen and oxygen atoms in total. The van der Waals surface area contributed by atoms with Gasteiger partial charge in [-0.2, -0.15) is 0 Å². The number of benzene rings is 1. The number of nitrogens with one attached hydrogen (secondary N) is 1. The van der Waals surface area contributed by atoms with Crippen molar-refractivity contribution in [1.82, 2.24) is 15.1 Å². The molecule has 0 aromatic heterocycles. The van der Waals surface area contributed by atoms with E-state index in [-0.39, 0.29) is 29.5 Å². The summed E-state index contributed by atoms with van der Waals surface area (Å²) in [6.07, 6.45) is 2.68. The molecule has 0 saturated carbocycles. The molecule has 0 aliphatic carbocycles. The van der Waals surface area contributed by atoms with Gasteiger partial charge in [0.1, 0.15) is 5.82 Å². The molecule has 152 valence electrons. The highest BCUT2D eigenvalue weighted by atomic mass is 19.1. The van der Waals surface area contributed by atoms with Gasteiger partial charge < -0.3 is 15.1 Å². The highest BCUT2D eigenvalue weighted by Crippen LogP contribution is 2.24. The van der Waals surface area contributed by atoms with Crippen LogP contribution in [0.15, 0.2) is 24.3 Å². The van der Waals surface area contributed by atoms with Gasteiger partial charge in [-0.3, -0.25) is 14.4 Å². The predicted molar refractivity (Wildman–Crippen MR) is 103 cm³/mol. The van der Waals surface area contributed by atoms with Crippen molar-refractivity contribution in [2.24, 2.45) is 11.8 Å². The lowest BCUT2D eigenvalue weighted by Gasteiger charge is -2.37. The van der Waals surface area contributed by atoms with E-state index in [2.05, 4.69) is 5.32 Å². The molecule has 7 heteroatoms. The Morgan fingerprint density at radius 3 is 2.64 bits per heavy atom. The Morgan fingerprint density at radius 1 is 1.21 bits per heavy atom. The van der Waals surface area contributed by atoms with Gasteiger partial charge in [-0.25, -0.2) is 4.39 Å². The fourth-order valence-corrected chi connectivity index (χ4v) is 4.03. The van der Waals surface area contributed by atoms with Gasteiger partial charge in [-0.1, -0.05) is 12.1 Å². The molecule has 0 spiro atoms. The van der Waals surface area contributed by atoms with Gasteiger partial charge in [0.15, 0.2) is 0 Å². The van der Waals surface area contributed by atoms with Gasteiger partial charge in [-0.15, -0.1) is 0 Å². The molecule has 3 rings (SSSR count). The minimum Gasteiger partial charge on any atom is -0.356 e. The third kappa shape index (κ3) is 5.30. The van der Waals surface area contributed by atoms with Crippen LogP contribution in [0.2, 0.25) is 0 Å².